The summed E-state index contributed by atoms with van der Waals surface area (Å²) in [5.41, 5.74) is 1.84. The number of carboxylic acid groups (broad SMARTS) is 1. The van der Waals surface area contributed by atoms with Gasteiger partial charge in [0.2, 0.25) is 0 Å². The highest BCUT2D eigenvalue weighted by Crippen LogP contribution is 2.24. The first kappa shape index (κ1) is 12.5. The Labute approximate surface area is 109 Å². The van der Waals surface area contributed by atoms with Crippen molar-refractivity contribution in [3.63, 3.8) is 0 Å². The van der Waals surface area contributed by atoms with Crippen molar-refractivity contribution in [2.45, 2.75) is 20.8 Å². The first-order valence-electron chi connectivity index (χ1n) is 5.39. The van der Waals surface area contributed by atoms with Crippen LogP contribution < -0.4 is 5.32 Å². The summed E-state index contributed by atoms with van der Waals surface area (Å²) >= 11 is 1.52. The third-order valence-corrected chi connectivity index (χ3v) is 3.45. The fraction of sp³-hybridized carbons (Fsp3) is 0.250. The van der Waals surface area contributed by atoms with Gasteiger partial charge in [0, 0.05) is 10.6 Å². The fourth-order valence-electron chi connectivity index (χ4n) is 1.49. The Morgan fingerprint density at radius 3 is 2.56 bits per heavy atom. The Kier molecular flexibility index (Phi) is 3.29. The molecule has 2 aromatic rings. The van der Waals surface area contributed by atoms with E-state index in [1.54, 1.807) is 6.92 Å². The third kappa shape index (κ3) is 2.65. The van der Waals surface area contributed by atoms with Crippen molar-refractivity contribution in [1.29, 1.82) is 0 Å². The molecule has 0 unspecified atom stereocenters. The van der Waals surface area contributed by atoms with Crippen molar-refractivity contribution in [2.75, 3.05) is 5.32 Å². The number of anilines is 2. The zero-order valence-electron chi connectivity index (χ0n) is 10.3. The summed E-state index contributed by atoms with van der Waals surface area (Å²) in [4.78, 5) is 20.6. The number of nitrogens with one attached hydrogen (secondary N) is 1. The molecule has 94 valence electrons. The van der Waals surface area contributed by atoms with Crippen LogP contribution in [0.5, 0.6) is 0 Å². The van der Waals surface area contributed by atoms with E-state index in [-0.39, 0.29) is 5.56 Å². The summed E-state index contributed by atoms with van der Waals surface area (Å²) in [5, 5.41) is 12.7. The average Bonchev–Trinajstić information content (AvgIpc) is 2.56. The van der Waals surface area contributed by atoms with E-state index in [0.717, 1.165) is 15.7 Å². The molecule has 2 rings (SSSR count). The number of carbonyl (C=O) groups is 1. The van der Waals surface area contributed by atoms with E-state index < -0.39 is 5.97 Å². The Morgan fingerprint density at radius 2 is 2.00 bits per heavy atom. The molecule has 0 bridgehead atoms. The monoisotopic (exact) mass is 263 g/mol. The van der Waals surface area contributed by atoms with Crippen LogP contribution in [0.25, 0.3) is 0 Å². The largest absolute Gasteiger partial charge is 0.478 e. The predicted octanol–water partition coefficient (Wildman–Crippen LogP) is 2.91. The molecule has 0 amide bonds. The third-order valence-electron chi connectivity index (χ3n) is 2.46. The number of nitrogens with zero attached hydrogens (tertiary/aromatic N) is 2. The van der Waals surface area contributed by atoms with Gasteiger partial charge in [-0.3, -0.25) is 0 Å². The Hall–Kier alpha value is -1.95. The molecule has 6 heteroatoms. The van der Waals surface area contributed by atoms with Gasteiger partial charge in [0.25, 0.3) is 0 Å². The molecular weight excluding hydrogens is 250 g/mol. The molecule has 2 N–H and O–H groups in total. The highest BCUT2D eigenvalue weighted by molar-refractivity contribution is 7.15. The standard InChI is InChI=1S/C12H13N3O2S/c1-6-4-9(11(16)17)5-10(13-6)15-12-14-7(2)8(3)18-12/h4-5H,1-3H3,(H,16,17)(H,13,14,15). The van der Waals surface area contributed by atoms with Crippen LogP contribution in [0.1, 0.15) is 26.6 Å². The van der Waals surface area contributed by atoms with Gasteiger partial charge in [-0.05, 0) is 32.9 Å². The number of carboxylic acids is 1. The van der Waals surface area contributed by atoms with Crippen molar-refractivity contribution >= 4 is 28.3 Å². The maximum atomic E-state index is 10.9. The summed E-state index contributed by atoms with van der Waals surface area (Å²) in [6, 6.07) is 3.03. The van der Waals surface area contributed by atoms with Gasteiger partial charge in [-0.2, -0.15) is 0 Å². The van der Waals surface area contributed by atoms with Crippen LogP contribution in [-0.4, -0.2) is 21.0 Å². The number of aromatic nitrogens is 2. The lowest BCUT2D eigenvalue weighted by Crippen LogP contribution is -2.01. The van der Waals surface area contributed by atoms with Crippen LogP contribution in [0.2, 0.25) is 0 Å². The Morgan fingerprint density at radius 1 is 1.28 bits per heavy atom. The van der Waals surface area contributed by atoms with Gasteiger partial charge in [-0.15, -0.1) is 11.3 Å². The predicted molar refractivity (Wildman–Crippen MR) is 70.8 cm³/mol. The minimum atomic E-state index is -0.963. The normalized spacial score (nSPS) is 10.4. The van der Waals surface area contributed by atoms with E-state index in [1.165, 1.54) is 23.5 Å². The van der Waals surface area contributed by atoms with Gasteiger partial charge >= 0.3 is 5.97 Å². The van der Waals surface area contributed by atoms with Gasteiger partial charge < -0.3 is 10.4 Å². The zero-order valence-corrected chi connectivity index (χ0v) is 11.1. The number of hydrogen-bond acceptors (Lipinski definition) is 5. The second-order valence-electron chi connectivity index (χ2n) is 3.97. The summed E-state index contributed by atoms with van der Waals surface area (Å²) < 4.78 is 0. The van der Waals surface area contributed by atoms with Crippen molar-refractivity contribution < 1.29 is 9.90 Å². The Balaban J connectivity index is 2.31. The number of pyridine rings is 1. The molecule has 0 fully saturated rings. The number of rotatable bonds is 3. The first-order valence-corrected chi connectivity index (χ1v) is 6.20. The number of thiazole rings is 1. The summed E-state index contributed by atoms with van der Waals surface area (Å²) in [7, 11) is 0. The van der Waals surface area contributed by atoms with Crippen molar-refractivity contribution in [3.8, 4) is 0 Å². The fourth-order valence-corrected chi connectivity index (χ4v) is 2.31. The van der Waals surface area contributed by atoms with E-state index in [0.29, 0.717) is 11.5 Å². The maximum Gasteiger partial charge on any atom is 0.335 e. The number of aryl methyl sites for hydroxylation is 3. The molecule has 18 heavy (non-hydrogen) atoms. The van der Waals surface area contributed by atoms with Crippen molar-refractivity contribution in [2.24, 2.45) is 0 Å². The molecule has 2 heterocycles. The van der Waals surface area contributed by atoms with Crippen LogP contribution in [0.15, 0.2) is 12.1 Å². The molecular formula is C12H13N3O2S. The minimum Gasteiger partial charge on any atom is -0.478 e. The second kappa shape index (κ2) is 4.73. The molecule has 0 saturated heterocycles. The van der Waals surface area contributed by atoms with Gasteiger partial charge in [0.05, 0.1) is 11.3 Å². The SMILES string of the molecule is Cc1cc(C(=O)O)cc(Nc2nc(C)c(C)s2)n1. The van der Waals surface area contributed by atoms with Gasteiger partial charge in [0.15, 0.2) is 5.13 Å². The lowest BCUT2D eigenvalue weighted by atomic mass is 10.2. The van der Waals surface area contributed by atoms with Crippen molar-refractivity contribution in [1.82, 2.24) is 9.97 Å². The molecule has 0 aliphatic heterocycles. The van der Waals surface area contributed by atoms with E-state index in [4.69, 9.17) is 5.11 Å². The van der Waals surface area contributed by atoms with E-state index in [2.05, 4.69) is 15.3 Å². The Bertz CT molecular complexity index is 588. The molecule has 0 spiro atoms. The quantitative estimate of drug-likeness (QED) is 0.890. The van der Waals surface area contributed by atoms with Crippen LogP contribution in [0, 0.1) is 20.8 Å². The summed E-state index contributed by atoms with van der Waals surface area (Å²) in [5.74, 6) is -0.462. The first-order chi connectivity index (χ1) is 8.45. The summed E-state index contributed by atoms with van der Waals surface area (Å²) in [6.07, 6.45) is 0. The van der Waals surface area contributed by atoms with Crippen LogP contribution >= 0.6 is 11.3 Å². The molecule has 0 radical (unpaired) electrons. The highest BCUT2D eigenvalue weighted by Gasteiger charge is 2.09. The topological polar surface area (TPSA) is 75.1 Å². The molecule has 0 aromatic carbocycles. The van der Waals surface area contributed by atoms with E-state index in [1.807, 2.05) is 13.8 Å². The number of aromatic carboxylic acids is 1. The van der Waals surface area contributed by atoms with Gasteiger partial charge in [0.1, 0.15) is 5.82 Å². The smallest absolute Gasteiger partial charge is 0.335 e. The maximum absolute atomic E-state index is 10.9. The summed E-state index contributed by atoms with van der Waals surface area (Å²) in [6.45, 7) is 5.68. The van der Waals surface area contributed by atoms with Gasteiger partial charge in [-0.1, -0.05) is 0 Å². The molecule has 0 aliphatic carbocycles. The van der Waals surface area contributed by atoms with Crippen LogP contribution in [0.4, 0.5) is 10.9 Å². The molecule has 0 atom stereocenters. The molecule has 0 aliphatic rings. The lowest BCUT2D eigenvalue weighted by Gasteiger charge is -2.04. The molecule has 5 nitrogen and oxygen atoms in total. The minimum absolute atomic E-state index is 0.218. The average molecular weight is 263 g/mol. The van der Waals surface area contributed by atoms with Crippen molar-refractivity contribution in [3.05, 3.63) is 34.0 Å². The van der Waals surface area contributed by atoms with E-state index in [9.17, 15) is 4.79 Å². The molecule has 0 saturated carbocycles. The highest BCUT2D eigenvalue weighted by atomic mass is 32.1. The van der Waals surface area contributed by atoms with Gasteiger partial charge in [-0.25, -0.2) is 14.8 Å². The second-order valence-corrected chi connectivity index (χ2v) is 5.18. The number of hydrogen-bond donors (Lipinski definition) is 2. The van der Waals surface area contributed by atoms with Crippen LogP contribution in [-0.2, 0) is 0 Å². The van der Waals surface area contributed by atoms with Crippen LogP contribution in [0.3, 0.4) is 0 Å². The van der Waals surface area contributed by atoms with E-state index >= 15 is 0 Å². The molecule has 2 aromatic heterocycles. The lowest BCUT2D eigenvalue weighted by molar-refractivity contribution is 0.0696. The zero-order chi connectivity index (χ0) is 13.3.